The Morgan fingerprint density at radius 1 is 0.320 bits per heavy atom. The average molecular weight is 669 g/mol. The highest BCUT2D eigenvalue weighted by molar-refractivity contribution is 5.74. The monoisotopic (exact) mass is 668 g/mol. The zero-order chi connectivity index (χ0) is 36.2. The van der Waals surface area contributed by atoms with Crippen LogP contribution in [0.2, 0.25) is 0 Å². The molecule has 2 aliphatic heterocycles. The molecule has 50 heavy (non-hydrogen) atoms. The standard InChI is InChI=1S/C46H60N4/c1-43(2,3)33-17-13-21-37(29-33)47-25-26-48(38-22-14-18-34(30-38)44(4,5)6)41(47)42-49(39-23-15-19-35(31-39)45(7,8)9)27-28-50(42)40-24-16-20-36(32-40)46(10,11)12/h13-24,29-32H,25-28H2,1-12H3. The maximum atomic E-state index is 2.58. The number of hydrogen-bond donors (Lipinski definition) is 0. The first-order chi connectivity index (χ1) is 23.3. The van der Waals surface area contributed by atoms with Crippen LogP contribution >= 0.6 is 0 Å². The van der Waals surface area contributed by atoms with Gasteiger partial charge in [-0.1, -0.05) is 132 Å². The molecule has 2 aliphatic rings. The van der Waals surface area contributed by atoms with Crippen molar-refractivity contribution in [1.82, 2.24) is 0 Å². The second kappa shape index (κ2) is 12.9. The van der Waals surface area contributed by atoms with Gasteiger partial charge >= 0.3 is 0 Å². The highest BCUT2D eigenvalue weighted by atomic mass is 15.5. The van der Waals surface area contributed by atoms with Crippen LogP contribution in [0.1, 0.15) is 105 Å². The first kappa shape index (κ1) is 35.6. The molecule has 6 rings (SSSR count). The van der Waals surface area contributed by atoms with Gasteiger partial charge in [0, 0.05) is 48.9 Å². The minimum atomic E-state index is 0.0516. The Bertz CT molecular complexity index is 1600. The topological polar surface area (TPSA) is 13.0 Å². The van der Waals surface area contributed by atoms with Gasteiger partial charge in [-0.3, -0.25) is 0 Å². The van der Waals surface area contributed by atoms with Crippen LogP contribution in [0.5, 0.6) is 0 Å². The number of nitrogens with zero attached hydrogens (tertiary/aromatic N) is 4. The van der Waals surface area contributed by atoms with E-state index in [0.29, 0.717) is 0 Å². The van der Waals surface area contributed by atoms with E-state index in [2.05, 4.69) is 200 Å². The summed E-state index contributed by atoms with van der Waals surface area (Å²) >= 11 is 0. The maximum absolute atomic E-state index is 2.58. The lowest BCUT2D eigenvalue weighted by Gasteiger charge is -2.35. The molecule has 0 saturated carbocycles. The molecule has 0 amide bonds. The fraction of sp³-hybridized carbons (Fsp3) is 0.435. The largest absolute Gasteiger partial charge is 0.323 e. The predicted octanol–water partition coefficient (Wildman–Crippen LogP) is 11.4. The van der Waals surface area contributed by atoms with Gasteiger partial charge in [0.1, 0.15) is 0 Å². The molecule has 4 heteroatoms. The average Bonchev–Trinajstić information content (AvgIpc) is 3.68. The summed E-state index contributed by atoms with van der Waals surface area (Å²) in [6.07, 6.45) is 0. The summed E-state index contributed by atoms with van der Waals surface area (Å²) in [5.41, 5.74) is 10.6. The molecule has 264 valence electrons. The lowest BCUT2D eigenvalue weighted by Crippen LogP contribution is -2.34. The first-order valence-electron chi connectivity index (χ1n) is 18.6. The number of rotatable bonds is 4. The van der Waals surface area contributed by atoms with Gasteiger partial charge in [-0.25, -0.2) is 0 Å². The Morgan fingerprint density at radius 2 is 0.520 bits per heavy atom. The van der Waals surface area contributed by atoms with Crippen molar-refractivity contribution in [2.24, 2.45) is 0 Å². The molecule has 4 aromatic carbocycles. The zero-order valence-corrected chi connectivity index (χ0v) is 32.9. The Morgan fingerprint density at radius 3 is 0.700 bits per heavy atom. The summed E-state index contributed by atoms with van der Waals surface area (Å²) in [5, 5.41) is 0. The minimum Gasteiger partial charge on any atom is -0.323 e. The second-order valence-corrected chi connectivity index (χ2v) is 18.5. The van der Waals surface area contributed by atoms with Gasteiger partial charge in [0.05, 0.1) is 0 Å². The van der Waals surface area contributed by atoms with E-state index in [1.807, 2.05) is 0 Å². The molecule has 2 heterocycles. The van der Waals surface area contributed by atoms with Crippen LogP contribution in [0, 0.1) is 0 Å². The van der Waals surface area contributed by atoms with Crippen molar-refractivity contribution in [2.45, 2.75) is 105 Å². The summed E-state index contributed by atoms with van der Waals surface area (Å²) in [6.45, 7) is 31.3. The SMILES string of the molecule is CC(C)(C)c1cccc(N2CCN(c3cccc(C(C)(C)C)c3)C2=C2N(c3cccc(C(C)(C)C)c3)CCN2c2cccc(C(C)(C)C)c2)c1. The fourth-order valence-corrected chi connectivity index (χ4v) is 7.16. The Labute approximate surface area is 303 Å². The molecule has 2 fully saturated rings. The summed E-state index contributed by atoms with van der Waals surface area (Å²) in [7, 11) is 0. The van der Waals surface area contributed by atoms with Gasteiger partial charge < -0.3 is 19.6 Å². The maximum Gasteiger partial charge on any atom is 0.156 e. The number of hydrogen-bond acceptors (Lipinski definition) is 4. The Kier molecular flexibility index (Phi) is 9.16. The molecule has 0 unspecified atom stereocenters. The summed E-state index contributed by atoms with van der Waals surface area (Å²) in [4.78, 5) is 10.3. The molecule has 0 bridgehead atoms. The molecule has 4 aromatic rings. The third kappa shape index (κ3) is 7.18. The van der Waals surface area contributed by atoms with Crippen molar-refractivity contribution in [3.05, 3.63) is 131 Å². The highest BCUT2D eigenvalue weighted by Crippen LogP contribution is 2.42. The second-order valence-electron chi connectivity index (χ2n) is 18.5. The first-order valence-corrected chi connectivity index (χ1v) is 18.6. The lowest BCUT2D eigenvalue weighted by molar-refractivity contribution is 0.589. The molecular weight excluding hydrogens is 609 g/mol. The van der Waals surface area contributed by atoms with Crippen molar-refractivity contribution in [2.75, 3.05) is 45.8 Å². The van der Waals surface area contributed by atoms with Gasteiger partial charge in [-0.05, 0) is 92.4 Å². The van der Waals surface area contributed by atoms with E-state index in [9.17, 15) is 0 Å². The van der Waals surface area contributed by atoms with Crippen LogP contribution in [0.4, 0.5) is 22.7 Å². The molecule has 2 saturated heterocycles. The summed E-state index contributed by atoms with van der Waals surface area (Å²) < 4.78 is 0. The van der Waals surface area contributed by atoms with E-state index >= 15 is 0 Å². The Hall–Kier alpha value is -4.18. The van der Waals surface area contributed by atoms with Crippen molar-refractivity contribution < 1.29 is 0 Å². The van der Waals surface area contributed by atoms with Crippen LogP contribution in [0.25, 0.3) is 0 Å². The highest BCUT2D eigenvalue weighted by Gasteiger charge is 2.39. The van der Waals surface area contributed by atoms with E-state index in [4.69, 9.17) is 0 Å². The van der Waals surface area contributed by atoms with Gasteiger partial charge in [-0.2, -0.15) is 0 Å². The van der Waals surface area contributed by atoms with Crippen molar-refractivity contribution >= 4 is 22.7 Å². The van der Waals surface area contributed by atoms with Gasteiger partial charge in [0.25, 0.3) is 0 Å². The van der Waals surface area contributed by atoms with E-state index in [0.717, 1.165) is 26.2 Å². The summed E-state index contributed by atoms with van der Waals surface area (Å²) in [6, 6.07) is 36.9. The van der Waals surface area contributed by atoms with Crippen molar-refractivity contribution in [3.63, 3.8) is 0 Å². The number of benzene rings is 4. The molecule has 0 radical (unpaired) electrons. The van der Waals surface area contributed by atoms with Crippen molar-refractivity contribution in [3.8, 4) is 0 Å². The molecule has 0 aliphatic carbocycles. The lowest BCUT2D eigenvalue weighted by atomic mass is 9.86. The molecular formula is C46H60N4. The molecule has 0 spiro atoms. The molecule has 4 nitrogen and oxygen atoms in total. The zero-order valence-electron chi connectivity index (χ0n) is 32.9. The third-order valence-electron chi connectivity index (χ3n) is 10.4. The molecule has 0 atom stereocenters. The van der Waals surface area contributed by atoms with Crippen LogP contribution in [-0.2, 0) is 21.7 Å². The number of anilines is 4. The molecule has 0 aromatic heterocycles. The van der Waals surface area contributed by atoms with E-state index in [-0.39, 0.29) is 21.7 Å². The van der Waals surface area contributed by atoms with Crippen molar-refractivity contribution in [1.29, 1.82) is 0 Å². The minimum absolute atomic E-state index is 0.0516. The van der Waals surface area contributed by atoms with Crippen LogP contribution in [0.15, 0.2) is 109 Å². The van der Waals surface area contributed by atoms with E-state index in [1.54, 1.807) is 0 Å². The molecule has 0 N–H and O–H groups in total. The quantitative estimate of drug-likeness (QED) is 0.215. The third-order valence-corrected chi connectivity index (χ3v) is 10.4. The summed E-state index contributed by atoms with van der Waals surface area (Å²) in [5.74, 6) is 2.48. The van der Waals surface area contributed by atoms with Crippen LogP contribution in [0.3, 0.4) is 0 Å². The van der Waals surface area contributed by atoms with Gasteiger partial charge in [0.2, 0.25) is 0 Å². The van der Waals surface area contributed by atoms with E-state index in [1.165, 1.54) is 56.6 Å². The predicted molar refractivity (Wildman–Crippen MR) is 217 cm³/mol. The Balaban J connectivity index is 1.64. The van der Waals surface area contributed by atoms with Crippen LogP contribution < -0.4 is 19.6 Å². The normalized spacial score (nSPS) is 16.2. The van der Waals surface area contributed by atoms with Gasteiger partial charge in [0.15, 0.2) is 11.6 Å². The van der Waals surface area contributed by atoms with Crippen LogP contribution in [-0.4, -0.2) is 26.2 Å². The van der Waals surface area contributed by atoms with E-state index < -0.39 is 0 Å². The van der Waals surface area contributed by atoms with Gasteiger partial charge in [-0.15, -0.1) is 0 Å². The smallest absolute Gasteiger partial charge is 0.156 e. The fourth-order valence-electron chi connectivity index (χ4n) is 7.16.